The van der Waals surface area contributed by atoms with Crippen molar-refractivity contribution in [3.05, 3.63) is 24.3 Å². The molecule has 122 valence electrons. The van der Waals surface area contributed by atoms with E-state index in [1.807, 2.05) is 6.07 Å². The largest absolute Gasteiger partial charge is 0.493 e. The maximum atomic E-state index is 11.6. The van der Waals surface area contributed by atoms with Crippen molar-refractivity contribution in [1.29, 1.82) is 0 Å². The zero-order valence-electron chi connectivity index (χ0n) is 12.2. The van der Waals surface area contributed by atoms with E-state index in [0.717, 1.165) is 6.26 Å². The molecule has 0 saturated carbocycles. The van der Waals surface area contributed by atoms with Crippen LogP contribution in [0.5, 0.6) is 11.5 Å². The second kappa shape index (κ2) is 6.84. The summed E-state index contributed by atoms with van der Waals surface area (Å²) < 4.78 is 42.1. The third kappa shape index (κ3) is 4.50. The van der Waals surface area contributed by atoms with Crippen LogP contribution >= 0.6 is 0 Å². The number of carbonyl (C=O) groups is 1. The Kier molecular flexibility index (Phi) is 5.09. The molecule has 0 radical (unpaired) electrons. The Labute approximate surface area is 128 Å². The lowest BCUT2D eigenvalue weighted by Gasteiger charge is -2.14. The number of hydrogen-bond donors (Lipinski definition) is 0. The van der Waals surface area contributed by atoms with Crippen molar-refractivity contribution in [2.24, 2.45) is 0 Å². The highest BCUT2D eigenvalue weighted by molar-refractivity contribution is 7.86. The first-order valence-electron chi connectivity index (χ1n) is 6.48. The van der Waals surface area contributed by atoms with Gasteiger partial charge in [-0.2, -0.15) is 8.42 Å². The Morgan fingerprint density at radius 2 is 2.00 bits per heavy atom. The highest BCUT2D eigenvalue weighted by atomic mass is 32.2. The normalized spacial score (nSPS) is 18.2. The van der Waals surface area contributed by atoms with E-state index >= 15 is 0 Å². The van der Waals surface area contributed by atoms with Crippen molar-refractivity contribution in [2.75, 3.05) is 33.1 Å². The SMILES string of the molecule is COc1ccccc1OCCN1C[C@H](OS(C)(=O)=O)OC1=O. The Morgan fingerprint density at radius 1 is 1.32 bits per heavy atom. The van der Waals surface area contributed by atoms with Crippen molar-refractivity contribution in [3.63, 3.8) is 0 Å². The molecule has 1 saturated heterocycles. The molecular formula is C13H17NO7S. The second-order valence-corrected chi connectivity index (χ2v) is 6.16. The van der Waals surface area contributed by atoms with Crippen LogP contribution < -0.4 is 9.47 Å². The minimum absolute atomic E-state index is 0.0290. The van der Waals surface area contributed by atoms with Gasteiger partial charge in [-0.3, -0.25) is 4.90 Å². The summed E-state index contributed by atoms with van der Waals surface area (Å²) in [5.74, 6) is 1.14. The van der Waals surface area contributed by atoms with Gasteiger partial charge in [-0.1, -0.05) is 12.1 Å². The van der Waals surface area contributed by atoms with Crippen molar-refractivity contribution >= 4 is 16.2 Å². The first kappa shape index (κ1) is 16.4. The van der Waals surface area contributed by atoms with Crippen LogP contribution in [0.15, 0.2) is 24.3 Å². The summed E-state index contributed by atoms with van der Waals surface area (Å²) in [5.41, 5.74) is 0. The molecule has 0 spiro atoms. The molecule has 1 aliphatic heterocycles. The van der Waals surface area contributed by atoms with E-state index < -0.39 is 22.5 Å². The molecule has 9 heteroatoms. The minimum Gasteiger partial charge on any atom is -0.493 e. The summed E-state index contributed by atoms with van der Waals surface area (Å²) in [6, 6.07) is 7.13. The molecule has 1 fully saturated rings. The molecule has 0 aromatic heterocycles. The van der Waals surface area contributed by atoms with E-state index in [4.69, 9.17) is 14.2 Å². The first-order valence-corrected chi connectivity index (χ1v) is 8.30. The van der Waals surface area contributed by atoms with Gasteiger partial charge in [0, 0.05) is 0 Å². The average molecular weight is 331 g/mol. The molecule has 1 atom stereocenters. The monoisotopic (exact) mass is 331 g/mol. The van der Waals surface area contributed by atoms with Gasteiger partial charge in [0.15, 0.2) is 11.5 Å². The van der Waals surface area contributed by atoms with E-state index in [2.05, 4.69) is 4.18 Å². The molecule has 0 N–H and O–H groups in total. The van der Waals surface area contributed by atoms with Crippen molar-refractivity contribution in [3.8, 4) is 11.5 Å². The second-order valence-electron chi connectivity index (χ2n) is 4.56. The summed E-state index contributed by atoms with van der Waals surface area (Å²) in [6.07, 6.45) is -0.861. The van der Waals surface area contributed by atoms with Crippen LogP contribution in [0.2, 0.25) is 0 Å². The number of ether oxygens (including phenoxy) is 3. The van der Waals surface area contributed by atoms with Crippen LogP contribution in [-0.2, 0) is 19.0 Å². The van der Waals surface area contributed by atoms with Gasteiger partial charge >= 0.3 is 6.09 Å². The Hall–Kier alpha value is -2.00. The van der Waals surface area contributed by atoms with Crippen LogP contribution in [0.3, 0.4) is 0 Å². The number of cyclic esters (lactones) is 1. The number of para-hydroxylation sites is 2. The molecule has 0 unspecified atom stereocenters. The van der Waals surface area contributed by atoms with Gasteiger partial charge in [-0.25, -0.2) is 8.98 Å². The molecular weight excluding hydrogens is 314 g/mol. The van der Waals surface area contributed by atoms with Gasteiger partial charge in [-0.05, 0) is 12.1 Å². The van der Waals surface area contributed by atoms with Crippen molar-refractivity contribution in [2.45, 2.75) is 6.29 Å². The van der Waals surface area contributed by atoms with E-state index in [0.29, 0.717) is 11.5 Å². The van der Waals surface area contributed by atoms with Crippen LogP contribution in [0.25, 0.3) is 0 Å². The van der Waals surface area contributed by atoms with Crippen LogP contribution in [0.4, 0.5) is 4.79 Å². The van der Waals surface area contributed by atoms with Crippen molar-refractivity contribution in [1.82, 2.24) is 4.90 Å². The first-order chi connectivity index (χ1) is 10.4. The molecule has 0 bridgehead atoms. The fourth-order valence-electron chi connectivity index (χ4n) is 1.91. The van der Waals surface area contributed by atoms with Gasteiger partial charge in [0.05, 0.1) is 26.5 Å². The van der Waals surface area contributed by atoms with E-state index in [9.17, 15) is 13.2 Å². The van der Waals surface area contributed by atoms with E-state index in [-0.39, 0.29) is 19.7 Å². The smallest absolute Gasteiger partial charge is 0.412 e. The van der Waals surface area contributed by atoms with Gasteiger partial charge in [0.25, 0.3) is 10.1 Å². The molecule has 1 heterocycles. The number of benzene rings is 1. The standard InChI is InChI=1S/C13H17NO7S/c1-18-10-5-3-4-6-11(10)19-8-7-14-9-12(20-13(14)15)21-22(2,16)17/h3-6,12H,7-9H2,1-2H3/t12-/m0/s1. The predicted octanol–water partition coefficient (Wildman–Crippen LogP) is 0.829. The molecule has 1 aromatic carbocycles. The van der Waals surface area contributed by atoms with Gasteiger partial charge < -0.3 is 14.2 Å². The fourth-order valence-corrected chi connectivity index (χ4v) is 2.40. The lowest BCUT2D eigenvalue weighted by Crippen LogP contribution is -2.30. The average Bonchev–Trinajstić information content (AvgIpc) is 2.77. The van der Waals surface area contributed by atoms with Crippen LogP contribution in [0, 0.1) is 0 Å². The molecule has 1 aliphatic rings. The quantitative estimate of drug-likeness (QED) is 0.683. The zero-order chi connectivity index (χ0) is 16.2. The summed E-state index contributed by atoms with van der Waals surface area (Å²) in [5, 5.41) is 0. The van der Waals surface area contributed by atoms with E-state index in [1.54, 1.807) is 18.2 Å². The summed E-state index contributed by atoms with van der Waals surface area (Å²) in [7, 11) is -2.14. The third-order valence-electron chi connectivity index (χ3n) is 2.83. The number of amides is 1. The highest BCUT2D eigenvalue weighted by Gasteiger charge is 2.34. The molecule has 2 rings (SSSR count). The third-order valence-corrected chi connectivity index (χ3v) is 3.39. The molecule has 8 nitrogen and oxygen atoms in total. The maximum absolute atomic E-state index is 11.6. The predicted molar refractivity (Wildman–Crippen MR) is 76.3 cm³/mol. The number of methoxy groups -OCH3 is 1. The summed E-state index contributed by atoms with van der Waals surface area (Å²) >= 11 is 0. The topological polar surface area (TPSA) is 91.4 Å². The molecule has 0 aliphatic carbocycles. The van der Waals surface area contributed by atoms with Gasteiger partial charge in [0.2, 0.25) is 6.29 Å². The highest BCUT2D eigenvalue weighted by Crippen LogP contribution is 2.25. The van der Waals surface area contributed by atoms with Crippen LogP contribution in [-0.4, -0.2) is 58.8 Å². The number of nitrogens with zero attached hydrogens (tertiary/aromatic N) is 1. The fraction of sp³-hybridized carbons (Fsp3) is 0.462. The van der Waals surface area contributed by atoms with Gasteiger partial charge in [0.1, 0.15) is 6.61 Å². The lowest BCUT2D eigenvalue weighted by atomic mass is 10.3. The summed E-state index contributed by atoms with van der Waals surface area (Å²) in [6.45, 7) is 0.475. The minimum atomic E-state index is -3.68. The maximum Gasteiger partial charge on any atom is 0.412 e. The zero-order valence-corrected chi connectivity index (χ0v) is 13.0. The Balaban J connectivity index is 1.83. The lowest BCUT2D eigenvalue weighted by molar-refractivity contribution is 0.0113. The number of carbonyl (C=O) groups excluding carboxylic acids is 1. The van der Waals surface area contributed by atoms with Crippen LogP contribution in [0.1, 0.15) is 0 Å². The number of hydrogen-bond acceptors (Lipinski definition) is 7. The molecule has 1 aromatic rings. The Morgan fingerprint density at radius 3 is 2.64 bits per heavy atom. The van der Waals surface area contributed by atoms with Crippen molar-refractivity contribution < 1.29 is 31.6 Å². The molecule has 22 heavy (non-hydrogen) atoms. The summed E-state index contributed by atoms with van der Waals surface area (Å²) in [4.78, 5) is 12.9. The Bertz CT molecular complexity index is 631. The molecule has 1 amide bonds. The van der Waals surface area contributed by atoms with Gasteiger partial charge in [-0.15, -0.1) is 0 Å². The van der Waals surface area contributed by atoms with E-state index in [1.165, 1.54) is 12.0 Å². The number of rotatable bonds is 7.